The summed E-state index contributed by atoms with van der Waals surface area (Å²) in [5.41, 5.74) is 2.25. The fraction of sp³-hybridized carbons (Fsp3) is 0.467. The summed E-state index contributed by atoms with van der Waals surface area (Å²) in [6.07, 6.45) is 1.30. The topological polar surface area (TPSA) is 57.6 Å². The SMILES string of the molecule is Cc1ccc(CN(C)C(=O)C2CCC2C(=O)O)cc1. The summed E-state index contributed by atoms with van der Waals surface area (Å²) in [6.45, 7) is 2.55. The highest BCUT2D eigenvalue weighted by atomic mass is 16.4. The zero-order valence-corrected chi connectivity index (χ0v) is 11.3. The molecule has 2 rings (SSSR count). The van der Waals surface area contributed by atoms with Crippen LogP contribution in [-0.4, -0.2) is 28.9 Å². The van der Waals surface area contributed by atoms with Crippen LogP contribution in [0.5, 0.6) is 0 Å². The standard InChI is InChI=1S/C15H19NO3/c1-10-3-5-11(6-4-10)9-16(2)14(17)12-7-8-13(12)15(18)19/h3-6,12-13H,7-9H2,1-2H3,(H,18,19). The van der Waals surface area contributed by atoms with E-state index in [9.17, 15) is 9.59 Å². The molecule has 1 amide bonds. The molecule has 19 heavy (non-hydrogen) atoms. The number of hydrogen-bond acceptors (Lipinski definition) is 2. The van der Waals surface area contributed by atoms with Gasteiger partial charge in [-0.2, -0.15) is 0 Å². The molecule has 0 saturated heterocycles. The Kier molecular flexibility index (Phi) is 3.88. The maximum absolute atomic E-state index is 12.2. The lowest BCUT2D eigenvalue weighted by Crippen LogP contribution is -2.44. The van der Waals surface area contributed by atoms with Gasteiger partial charge in [0.15, 0.2) is 0 Å². The van der Waals surface area contributed by atoms with Gasteiger partial charge in [0, 0.05) is 13.6 Å². The van der Waals surface area contributed by atoms with Gasteiger partial charge in [0.25, 0.3) is 0 Å². The summed E-state index contributed by atoms with van der Waals surface area (Å²) in [4.78, 5) is 24.7. The fourth-order valence-corrected chi connectivity index (χ4v) is 2.42. The van der Waals surface area contributed by atoms with E-state index in [0.29, 0.717) is 19.4 Å². The second-order valence-corrected chi connectivity index (χ2v) is 5.31. The van der Waals surface area contributed by atoms with Crippen LogP contribution < -0.4 is 0 Å². The zero-order valence-electron chi connectivity index (χ0n) is 11.3. The lowest BCUT2D eigenvalue weighted by atomic mass is 9.73. The molecular weight excluding hydrogens is 242 g/mol. The van der Waals surface area contributed by atoms with Crippen LogP contribution >= 0.6 is 0 Å². The van der Waals surface area contributed by atoms with Gasteiger partial charge in [0.2, 0.25) is 5.91 Å². The van der Waals surface area contributed by atoms with E-state index in [-0.39, 0.29) is 11.8 Å². The molecule has 1 N–H and O–H groups in total. The number of carbonyl (C=O) groups is 2. The predicted octanol–water partition coefficient (Wildman–Crippen LogP) is 2.06. The third-order valence-electron chi connectivity index (χ3n) is 3.83. The number of hydrogen-bond donors (Lipinski definition) is 1. The van der Waals surface area contributed by atoms with E-state index < -0.39 is 11.9 Å². The Morgan fingerprint density at radius 2 is 1.79 bits per heavy atom. The second-order valence-electron chi connectivity index (χ2n) is 5.31. The van der Waals surface area contributed by atoms with E-state index in [0.717, 1.165) is 5.56 Å². The number of aryl methyl sites for hydroxylation is 1. The lowest BCUT2D eigenvalue weighted by molar-refractivity contribution is -0.156. The Morgan fingerprint density at radius 3 is 2.26 bits per heavy atom. The minimum Gasteiger partial charge on any atom is -0.481 e. The van der Waals surface area contributed by atoms with Crippen molar-refractivity contribution >= 4 is 11.9 Å². The molecule has 0 aliphatic heterocycles. The van der Waals surface area contributed by atoms with E-state index in [4.69, 9.17) is 5.11 Å². The van der Waals surface area contributed by atoms with Gasteiger partial charge in [-0.3, -0.25) is 9.59 Å². The van der Waals surface area contributed by atoms with Crippen LogP contribution in [0.1, 0.15) is 24.0 Å². The molecule has 2 atom stereocenters. The number of carbonyl (C=O) groups excluding carboxylic acids is 1. The third-order valence-corrected chi connectivity index (χ3v) is 3.83. The predicted molar refractivity (Wildman–Crippen MR) is 71.5 cm³/mol. The molecule has 4 nitrogen and oxygen atoms in total. The fourth-order valence-electron chi connectivity index (χ4n) is 2.42. The summed E-state index contributed by atoms with van der Waals surface area (Å²) >= 11 is 0. The minimum atomic E-state index is -0.853. The van der Waals surface area contributed by atoms with E-state index in [2.05, 4.69) is 0 Å². The molecule has 1 saturated carbocycles. The van der Waals surface area contributed by atoms with E-state index in [1.807, 2.05) is 31.2 Å². The molecule has 0 heterocycles. The summed E-state index contributed by atoms with van der Waals surface area (Å²) in [5.74, 6) is -1.74. The van der Waals surface area contributed by atoms with Gasteiger partial charge in [0.1, 0.15) is 0 Å². The van der Waals surface area contributed by atoms with Crippen molar-refractivity contribution in [3.8, 4) is 0 Å². The van der Waals surface area contributed by atoms with E-state index in [1.54, 1.807) is 11.9 Å². The summed E-state index contributed by atoms with van der Waals surface area (Å²) < 4.78 is 0. The average molecular weight is 261 g/mol. The molecule has 1 aliphatic rings. The van der Waals surface area contributed by atoms with Gasteiger partial charge >= 0.3 is 5.97 Å². The Hall–Kier alpha value is -1.84. The van der Waals surface area contributed by atoms with Crippen LogP contribution in [0.2, 0.25) is 0 Å². The van der Waals surface area contributed by atoms with Crippen molar-refractivity contribution in [3.05, 3.63) is 35.4 Å². The average Bonchev–Trinajstić information content (AvgIpc) is 2.29. The Bertz CT molecular complexity index is 481. The van der Waals surface area contributed by atoms with Crippen molar-refractivity contribution in [2.75, 3.05) is 7.05 Å². The van der Waals surface area contributed by atoms with Crippen molar-refractivity contribution in [2.24, 2.45) is 11.8 Å². The highest BCUT2D eigenvalue weighted by Gasteiger charge is 2.42. The summed E-state index contributed by atoms with van der Waals surface area (Å²) in [6, 6.07) is 8.01. The number of amides is 1. The smallest absolute Gasteiger partial charge is 0.307 e. The summed E-state index contributed by atoms with van der Waals surface area (Å²) in [7, 11) is 1.74. The van der Waals surface area contributed by atoms with Gasteiger partial charge in [-0.15, -0.1) is 0 Å². The highest BCUT2D eigenvalue weighted by molar-refractivity contribution is 5.86. The van der Waals surface area contributed by atoms with Crippen LogP contribution in [-0.2, 0) is 16.1 Å². The number of rotatable bonds is 4. The van der Waals surface area contributed by atoms with Crippen LogP contribution in [0, 0.1) is 18.8 Å². The molecule has 1 aromatic carbocycles. The van der Waals surface area contributed by atoms with Gasteiger partial charge in [-0.05, 0) is 25.3 Å². The Morgan fingerprint density at radius 1 is 1.21 bits per heavy atom. The van der Waals surface area contributed by atoms with Gasteiger partial charge in [-0.1, -0.05) is 29.8 Å². The molecule has 0 spiro atoms. The quantitative estimate of drug-likeness (QED) is 0.902. The van der Waals surface area contributed by atoms with Crippen LogP contribution in [0.4, 0.5) is 0 Å². The summed E-state index contributed by atoms with van der Waals surface area (Å²) in [5, 5.41) is 8.98. The van der Waals surface area contributed by atoms with Crippen molar-refractivity contribution in [1.29, 1.82) is 0 Å². The molecule has 102 valence electrons. The molecule has 0 radical (unpaired) electrons. The molecule has 4 heteroatoms. The van der Waals surface area contributed by atoms with E-state index in [1.165, 1.54) is 5.56 Å². The zero-order chi connectivity index (χ0) is 14.0. The number of benzene rings is 1. The van der Waals surface area contributed by atoms with Gasteiger partial charge < -0.3 is 10.0 Å². The molecular formula is C15H19NO3. The molecule has 2 unspecified atom stereocenters. The number of carboxylic acid groups (broad SMARTS) is 1. The normalized spacial score (nSPS) is 21.6. The number of carboxylic acids is 1. The monoisotopic (exact) mass is 261 g/mol. The van der Waals surface area contributed by atoms with Gasteiger partial charge in [-0.25, -0.2) is 0 Å². The van der Waals surface area contributed by atoms with Crippen LogP contribution in [0.25, 0.3) is 0 Å². The van der Waals surface area contributed by atoms with Crippen molar-refractivity contribution in [1.82, 2.24) is 4.90 Å². The van der Waals surface area contributed by atoms with Crippen molar-refractivity contribution in [3.63, 3.8) is 0 Å². The number of aliphatic carboxylic acids is 1. The maximum Gasteiger partial charge on any atom is 0.307 e. The molecule has 1 aromatic rings. The van der Waals surface area contributed by atoms with E-state index >= 15 is 0 Å². The molecule has 0 aromatic heterocycles. The lowest BCUT2D eigenvalue weighted by Gasteiger charge is -2.35. The minimum absolute atomic E-state index is 0.0563. The first kappa shape index (κ1) is 13.6. The van der Waals surface area contributed by atoms with Crippen LogP contribution in [0.15, 0.2) is 24.3 Å². The van der Waals surface area contributed by atoms with Gasteiger partial charge in [0.05, 0.1) is 11.8 Å². The molecule has 0 bridgehead atoms. The Balaban J connectivity index is 1.96. The second kappa shape index (κ2) is 5.43. The molecule has 1 aliphatic carbocycles. The Labute approximate surface area is 113 Å². The molecule has 1 fully saturated rings. The maximum atomic E-state index is 12.2. The first-order chi connectivity index (χ1) is 8.99. The third kappa shape index (κ3) is 2.95. The van der Waals surface area contributed by atoms with Crippen molar-refractivity contribution < 1.29 is 14.7 Å². The number of nitrogens with zero attached hydrogens (tertiary/aromatic N) is 1. The first-order valence-electron chi connectivity index (χ1n) is 6.52. The van der Waals surface area contributed by atoms with Crippen molar-refractivity contribution in [2.45, 2.75) is 26.3 Å². The van der Waals surface area contributed by atoms with Crippen LogP contribution in [0.3, 0.4) is 0 Å². The first-order valence-corrected chi connectivity index (χ1v) is 6.52. The highest BCUT2D eigenvalue weighted by Crippen LogP contribution is 2.35. The largest absolute Gasteiger partial charge is 0.481 e.